The third-order valence-electron chi connectivity index (χ3n) is 4.79. The van der Waals surface area contributed by atoms with Crippen molar-refractivity contribution in [1.29, 1.82) is 0 Å². The molecule has 2 heterocycles. The highest BCUT2D eigenvalue weighted by Crippen LogP contribution is 2.40. The predicted molar refractivity (Wildman–Crippen MR) is 81.6 cm³/mol. The summed E-state index contributed by atoms with van der Waals surface area (Å²) in [7, 11) is 0. The summed E-state index contributed by atoms with van der Waals surface area (Å²) in [5.74, 6) is 0.908. The molecule has 0 atom stereocenters. The second-order valence-electron chi connectivity index (χ2n) is 5.51. The van der Waals surface area contributed by atoms with Gasteiger partial charge in [-0.15, -0.1) is 0 Å². The van der Waals surface area contributed by atoms with Crippen LogP contribution in [-0.4, -0.2) is 18.1 Å². The number of hydrogen-bond donors (Lipinski definition) is 1. The molecular weight excluding hydrogens is 258 g/mol. The van der Waals surface area contributed by atoms with Gasteiger partial charge in [0.25, 0.3) is 0 Å². The van der Waals surface area contributed by atoms with Crippen molar-refractivity contribution in [2.24, 2.45) is 11.1 Å². The zero-order valence-corrected chi connectivity index (χ0v) is 12.7. The number of nitrogens with zero attached hydrogens (tertiary/aromatic N) is 2. The summed E-state index contributed by atoms with van der Waals surface area (Å²) in [5, 5.41) is 0.727. The summed E-state index contributed by atoms with van der Waals surface area (Å²) in [4.78, 5) is 6.76. The van der Waals surface area contributed by atoms with Gasteiger partial charge in [-0.3, -0.25) is 0 Å². The lowest BCUT2D eigenvalue weighted by molar-refractivity contribution is 0.199. The van der Waals surface area contributed by atoms with Crippen molar-refractivity contribution < 1.29 is 0 Å². The van der Waals surface area contributed by atoms with E-state index in [2.05, 4.69) is 23.7 Å². The van der Waals surface area contributed by atoms with Gasteiger partial charge in [0.2, 0.25) is 0 Å². The number of pyridine rings is 1. The van der Waals surface area contributed by atoms with Gasteiger partial charge in [-0.2, -0.15) is 0 Å². The molecule has 1 aromatic rings. The van der Waals surface area contributed by atoms with Gasteiger partial charge in [0.15, 0.2) is 0 Å². The minimum Gasteiger partial charge on any atom is -0.355 e. The van der Waals surface area contributed by atoms with Crippen LogP contribution in [0.4, 0.5) is 5.82 Å². The van der Waals surface area contributed by atoms with Crippen LogP contribution in [0.15, 0.2) is 12.3 Å². The van der Waals surface area contributed by atoms with Crippen molar-refractivity contribution in [3.63, 3.8) is 0 Å². The van der Waals surface area contributed by atoms with Gasteiger partial charge in [-0.1, -0.05) is 38.3 Å². The summed E-state index contributed by atoms with van der Waals surface area (Å²) in [6.45, 7) is 7.17. The summed E-state index contributed by atoms with van der Waals surface area (Å²) in [6, 6.07) is 1.90. The maximum atomic E-state index is 6.40. The molecule has 2 rings (SSSR count). The summed E-state index contributed by atoms with van der Waals surface area (Å²) in [5.41, 5.74) is 7.21. The Bertz CT molecular complexity index is 419. The van der Waals surface area contributed by atoms with Crippen LogP contribution in [-0.2, 0) is 6.54 Å². The highest BCUT2D eigenvalue weighted by molar-refractivity contribution is 6.33. The van der Waals surface area contributed by atoms with E-state index in [1.807, 2.05) is 12.3 Å². The molecule has 0 bridgehead atoms. The van der Waals surface area contributed by atoms with E-state index in [9.17, 15) is 0 Å². The number of halogens is 1. The van der Waals surface area contributed by atoms with Crippen LogP contribution in [0, 0.1) is 5.41 Å². The Morgan fingerprint density at radius 1 is 1.32 bits per heavy atom. The molecule has 1 saturated heterocycles. The molecule has 1 aliphatic rings. The number of anilines is 1. The fourth-order valence-corrected chi connectivity index (χ4v) is 3.31. The fourth-order valence-electron chi connectivity index (χ4n) is 3.00. The molecule has 4 heteroatoms. The number of piperidine rings is 1. The zero-order chi connectivity index (χ0) is 13.9. The molecule has 0 amide bonds. The minimum absolute atomic E-state index is 0.468. The second-order valence-corrected chi connectivity index (χ2v) is 5.88. The molecule has 0 aromatic carbocycles. The first-order valence-corrected chi connectivity index (χ1v) is 7.62. The Hall–Kier alpha value is -0.800. The van der Waals surface area contributed by atoms with Crippen molar-refractivity contribution in [3.8, 4) is 0 Å². The van der Waals surface area contributed by atoms with E-state index in [1.165, 1.54) is 25.7 Å². The van der Waals surface area contributed by atoms with E-state index in [4.69, 9.17) is 17.3 Å². The molecule has 1 aromatic heterocycles. The normalized spacial score (nSPS) is 18.6. The molecule has 106 valence electrons. The van der Waals surface area contributed by atoms with Gasteiger partial charge in [0.1, 0.15) is 5.82 Å². The first kappa shape index (κ1) is 14.6. The maximum absolute atomic E-state index is 6.40. The van der Waals surface area contributed by atoms with Crippen LogP contribution in [0.25, 0.3) is 0 Å². The Kier molecular flexibility index (Phi) is 4.69. The van der Waals surface area contributed by atoms with Crippen LogP contribution < -0.4 is 10.6 Å². The summed E-state index contributed by atoms with van der Waals surface area (Å²) < 4.78 is 0. The van der Waals surface area contributed by atoms with Crippen molar-refractivity contribution in [2.45, 2.75) is 46.1 Å². The number of hydrogen-bond acceptors (Lipinski definition) is 3. The monoisotopic (exact) mass is 281 g/mol. The lowest BCUT2D eigenvalue weighted by Gasteiger charge is -2.41. The molecular formula is C15H24ClN3. The van der Waals surface area contributed by atoms with Gasteiger partial charge in [0.05, 0.1) is 5.02 Å². The summed E-state index contributed by atoms with van der Waals surface area (Å²) >= 11 is 6.40. The average Bonchev–Trinajstić information content (AvgIpc) is 2.48. The van der Waals surface area contributed by atoms with Crippen molar-refractivity contribution in [3.05, 3.63) is 22.8 Å². The maximum Gasteiger partial charge on any atom is 0.147 e. The standard InChI is InChI=1S/C15H24ClN3/c1-3-15(4-2)6-9-19(10-7-15)14-13(16)12(11-17)5-8-18-14/h5,8H,3-4,6-7,9-11,17H2,1-2H3. The van der Waals surface area contributed by atoms with E-state index in [0.29, 0.717) is 12.0 Å². The molecule has 0 radical (unpaired) electrons. The van der Waals surface area contributed by atoms with Crippen molar-refractivity contribution >= 4 is 17.4 Å². The van der Waals surface area contributed by atoms with Crippen LogP contribution in [0.1, 0.15) is 45.1 Å². The van der Waals surface area contributed by atoms with Gasteiger partial charge in [-0.05, 0) is 29.9 Å². The first-order valence-electron chi connectivity index (χ1n) is 7.24. The van der Waals surface area contributed by atoms with Crippen LogP contribution in [0.5, 0.6) is 0 Å². The van der Waals surface area contributed by atoms with Crippen LogP contribution in [0.2, 0.25) is 5.02 Å². The number of rotatable bonds is 4. The molecule has 0 aliphatic carbocycles. The third-order valence-corrected chi connectivity index (χ3v) is 5.21. The molecule has 0 unspecified atom stereocenters. The molecule has 3 nitrogen and oxygen atoms in total. The molecule has 2 N–H and O–H groups in total. The third kappa shape index (κ3) is 2.87. The highest BCUT2D eigenvalue weighted by atomic mass is 35.5. The van der Waals surface area contributed by atoms with Gasteiger partial charge >= 0.3 is 0 Å². The van der Waals surface area contributed by atoms with E-state index in [-0.39, 0.29) is 0 Å². The van der Waals surface area contributed by atoms with Gasteiger partial charge in [-0.25, -0.2) is 4.98 Å². The fraction of sp³-hybridized carbons (Fsp3) is 0.667. The van der Waals surface area contributed by atoms with Crippen LogP contribution in [0.3, 0.4) is 0 Å². The summed E-state index contributed by atoms with van der Waals surface area (Å²) in [6.07, 6.45) is 6.79. The van der Waals surface area contributed by atoms with Crippen molar-refractivity contribution in [2.75, 3.05) is 18.0 Å². The Morgan fingerprint density at radius 2 is 1.95 bits per heavy atom. The topological polar surface area (TPSA) is 42.2 Å². The molecule has 1 fully saturated rings. The largest absolute Gasteiger partial charge is 0.355 e. The van der Waals surface area contributed by atoms with Crippen molar-refractivity contribution in [1.82, 2.24) is 4.98 Å². The number of aromatic nitrogens is 1. The molecule has 19 heavy (non-hydrogen) atoms. The van der Waals surface area contributed by atoms with E-state index in [0.717, 1.165) is 29.5 Å². The molecule has 0 spiro atoms. The lowest BCUT2D eigenvalue weighted by atomic mass is 9.74. The quantitative estimate of drug-likeness (QED) is 0.917. The van der Waals surface area contributed by atoms with E-state index >= 15 is 0 Å². The SMILES string of the molecule is CCC1(CC)CCN(c2nccc(CN)c2Cl)CC1. The van der Waals surface area contributed by atoms with Gasteiger partial charge < -0.3 is 10.6 Å². The zero-order valence-electron chi connectivity index (χ0n) is 12.0. The average molecular weight is 282 g/mol. The second kappa shape index (κ2) is 6.10. The highest BCUT2D eigenvalue weighted by Gasteiger charge is 2.32. The van der Waals surface area contributed by atoms with Gasteiger partial charge in [0, 0.05) is 25.8 Å². The smallest absolute Gasteiger partial charge is 0.147 e. The minimum atomic E-state index is 0.468. The Labute approximate surface area is 121 Å². The Morgan fingerprint density at radius 3 is 2.47 bits per heavy atom. The number of nitrogens with two attached hydrogens (primary N) is 1. The Balaban J connectivity index is 2.14. The van der Waals surface area contributed by atoms with Crippen LogP contribution >= 0.6 is 11.6 Å². The van der Waals surface area contributed by atoms with E-state index < -0.39 is 0 Å². The lowest BCUT2D eigenvalue weighted by Crippen LogP contribution is -2.40. The molecule has 1 aliphatic heterocycles. The first-order chi connectivity index (χ1) is 9.15. The van der Waals surface area contributed by atoms with E-state index in [1.54, 1.807) is 0 Å². The predicted octanol–water partition coefficient (Wildman–Crippen LogP) is 3.60. The molecule has 0 saturated carbocycles.